The molecule has 0 spiro atoms. The van der Waals surface area contributed by atoms with Crippen LogP contribution in [0.1, 0.15) is 52.4 Å². The molecule has 0 unspecified atom stereocenters. The summed E-state index contributed by atoms with van der Waals surface area (Å²) in [4.78, 5) is 12.6. The van der Waals surface area contributed by atoms with Crippen molar-refractivity contribution in [1.82, 2.24) is 5.32 Å². The van der Waals surface area contributed by atoms with Crippen LogP contribution in [0, 0.1) is 13.8 Å². The fourth-order valence-corrected chi connectivity index (χ4v) is 4.10. The molecule has 0 saturated heterocycles. The number of nitrogens with two attached hydrogens (primary N) is 2. The SMILES string of the molecule is Cc1cc(C(F)(C(F)(F)F)C(F)(F)F)cc(C)c1/C(N)=C/N(N)c1ccc(Cl)c(C(=O)NC2(C)CC2)c1. The summed E-state index contributed by atoms with van der Waals surface area (Å²) in [6, 6.07) is 5.22. The molecule has 1 saturated carbocycles. The van der Waals surface area contributed by atoms with E-state index in [1.807, 2.05) is 6.92 Å². The Morgan fingerprint density at radius 3 is 2.00 bits per heavy atom. The van der Waals surface area contributed by atoms with Gasteiger partial charge in [0.25, 0.3) is 5.91 Å². The van der Waals surface area contributed by atoms with E-state index in [2.05, 4.69) is 5.32 Å². The molecule has 0 heterocycles. The van der Waals surface area contributed by atoms with Gasteiger partial charge in [0.1, 0.15) is 0 Å². The predicted molar refractivity (Wildman–Crippen MR) is 126 cm³/mol. The van der Waals surface area contributed by atoms with Gasteiger partial charge in [-0.1, -0.05) is 23.7 Å². The maximum atomic E-state index is 14.5. The van der Waals surface area contributed by atoms with Crippen LogP contribution < -0.4 is 21.9 Å². The monoisotopic (exact) mass is 552 g/mol. The van der Waals surface area contributed by atoms with Crippen LogP contribution in [0.2, 0.25) is 5.02 Å². The van der Waals surface area contributed by atoms with Crippen molar-refractivity contribution in [2.45, 2.75) is 57.2 Å². The van der Waals surface area contributed by atoms with Crippen molar-refractivity contribution in [3.05, 3.63) is 69.4 Å². The van der Waals surface area contributed by atoms with Gasteiger partial charge in [0.05, 0.1) is 22.0 Å². The van der Waals surface area contributed by atoms with Gasteiger partial charge < -0.3 is 11.1 Å². The molecule has 2 aromatic carbocycles. The van der Waals surface area contributed by atoms with Crippen LogP contribution in [0.15, 0.2) is 36.5 Å². The second-order valence-corrected chi connectivity index (χ2v) is 9.72. The lowest BCUT2D eigenvalue weighted by Crippen LogP contribution is -2.50. The van der Waals surface area contributed by atoms with Crippen LogP contribution in [-0.4, -0.2) is 23.8 Å². The summed E-state index contributed by atoms with van der Waals surface area (Å²) in [7, 11) is 0. The van der Waals surface area contributed by atoms with Crippen LogP contribution in [-0.2, 0) is 5.67 Å². The van der Waals surface area contributed by atoms with Crippen LogP contribution in [0.5, 0.6) is 0 Å². The Labute approximate surface area is 213 Å². The zero-order chi connectivity index (χ0) is 28.1. The first-order valence-corrected chi connectivity index (χ1v) is 11.3. The van der Waals surface area contributed by atoms with E-state index < -0.39 is 29.5 Å². The van der Waals surface area contributed by atoms with Crippen LogP contribution in [0.3, 0.4) is 0 Å². The molecule has 2 aromatic rings. The summed E-state index contributed by atoms with van der Waals surface area (Å²) in [5.41, 5.74) is -1.32. The molecule has 202 valence electrons. The van der Waals surface area contributed by atoms with E-state index >= 15 is 0 Å². The number of anilines is 1. The lowest BCUT2D eigenvalue weighted by molar-refractivity contribution is -0.348. The lowest BCUT2D eigenvalue weighted by Gasteiger charge is -2.31. The Balaban J connectivity index is 1.96. The molecule has 5 nitrogen and oxygen atoms in total. The van der Waals surface area contributed by atoms with Gasteiger partial charge >= 0.3 is 18.0 Å². The summed E-state index contributed by atoms with van der Waals surface area (Å²) >= 11 is 6.15. The van der Waals surface area contributed by atoms with Crippen LogP contribution in [0.25, 0.3) is 5.70 Å². The molecule has 37 heavy (non-hydrogen) atoms. The van der Waals surface area contributed by atoms with E-state index in [1.165, 1.54) is 38.2 Å². The summed E-state index contributed by atoms with van der Waals surface area (Å²) in [6.07, 6.45) is -9.66. The number of nitrogens with one attached hydrogen (secondary N) is 1. The second kappa shape index (κ2) is 9.39. The molecule has 1 amide bonds. The zero-order valence-corrected chi connectivity index (χ0v) is 20.7. The van der Waals surface area contributed by atoms with E-state index in [9.17, 15) is 35.5 Å². The molecule has 0 aromatic heterocycles. The molecule has 0 bridgehead atoms. The van der Waals surface area contributed by atoms with Gasteiger partial charge in [-0.25, -0.2) is 10.2 Å². The summed E-state index contributed by atoms with van der Waals surface area (Å²) in [6.45, 7) is 4.28. The molecule has 0 atom stereocenters. The van der Waals surface area contributed by atoms with Gasteiger partial charge in [0, 0.05) is 22.9 Å². The predicted octanol–water partition coefficient (Wildman–Crippen LogP) is 6.17. The number of hydrogen-bond donors (Lipinski definition) is 3. The lowest BCUT2D eigenvalue weighted by atomic mass is 9.88. The minimum atomic E-state index is -6.24. The van der Waals surface area contributed by atoms with Gasteiger partial charge in [0.15, 0.2) is 0 Å². The molecular formula is C24H24ClF7N4O. The third kappa shape index (κ3) is 5.49. The van der Waals surface area contributed by atoms with Crippen molar-refractivity contribution in [3.8, 4) is 0 Å². The molecule has 1 aliphatic carbocycles. The normalized spacial score (nSPS) is 15.9. The van der Waals surface area contributed by atoms with Gasteiger partial charge in [-0.3, -0.25) is 9.80 Å². The minimum Gasteiger partial charge on any atom is -0.397 e. The van der Waals surface area contributed by atoms with Crippen molar-refractivity contribution in [3.63, 3.8) is 0 Å². The topological polar surface area (TPSA) is 84.4 Å². The molecule has 13 heteroatoms. The van der Waals surface area contributed by atoms with Gasteiger partial charge in [-0.15, -0.1) is 0 Å². The molecule has 1 aliphatic rings. The molecule has 3 rings (SSSR count). The highest BCUT2D eigenvalue weighted by molar-refractivity contribution is 6.34. The van der Waals surface area contributed by atoms with Crippen LogP contribution >= 0.6 is 11.6 Å². The fourth-order valence-electron chi connectivity index (χ4n) is 3.90. The Hall–Kier alpha value is -2.99. The number of hydrazine groups is 1. The van der Waals surface area contributed by atoms with Crippen molar-refractivity contribution < 1.29 is 35.5 Å². The molecule has 1 fully saturated rings. The summed E-state index contributed by atoms with van der Waals surface area (Å²) in [5.74, 6) is 5.64. The van der Waals surface area contributed by atoms with E-state index in [0.717, 1.165) is 17.9 Å². The summed E-state index contributed by atoms with van der Waals surface area (Å²) in [5, 5.41) is 4.04. The number of halogens is 8. The highest BCUT2D eigenvalue weighted by Crippen LogP contribution is 2.53. The Morgan fingerprint density at radius 2 is 1.54 bits per heavy atom. The van der Waals surface area contributed by atoms with Crippen molar-refractivity contribution in [1.29, 1.82) is 0 Å². The standard InChI is InChI=1S/C24H24ClF7N4O/c1-12-8-14(22(26,23(27,28)29)24(30,31)32)9-13(2)19(12)18(33)11-36(34)15-4-5-17(25)16(10-15)20(37)35-21(3)6-7-21/h4-5,8-11H,6-7,33-34H2,1-3H3,(H,35,37)/b18-11-. The number of carbonyl (C=O) groups is 1. The van der Waals surface area contributed by atoms with Crippen LogP contribution in [0.4, 0.5) is 36.4 Å². The Kier molecular flexibility index (Phi) is 7.25. The maximum absolute atomic E-state index is 14.5. The third-order valence-corrected chi connectivity index (χ3v) is 6.52. The summed E-state index contributed by atoms with van der Waals surface area (Å²) < 4.78 is 93.7. The number of alkyl halides is 7. The molecule has 0 radical (unpaired) electrons. The smallest absolute Gasteiger partial charge is 0.397 e. The molecular weight excluding hydrogens is 529 g/mol. The fraction of sp³-hybridized carbons (Fsp3) is 0.375. The van der Waals surface area contributed by atoms with Gasteiger partial charge in [0.2, 0.25) is 0 Å². The average molecular weight is 553 g/mol. The number of aryl methyl sites for hydroxylation is 2. The first-order chi connectivity index (χ1) is 16.8. The highest BCUT2D eigenvalue weighted by Gasteiger charge is 2.73. The van der Waals surface area contributed by atoms with Crippen molar-refractivity contribution in [2.24, 2.45) is 11.6 Å². The quantitative estimate of drug-likeness (QED) is 0.227. The average Bonchev–Trinajstić information content (AvgIpc) is 3.47. The number of nitrogens with zero attached hydrogens (tertiary/aromatic N) is 1. The second-order valence-electron chi connectivity index (χ2n) is 9.31. The number of carbonyl (C=O) groups excluding carboxylic acids is 1. The highest BCUT2D eigenvalue weighted by atomic mass is 35.5. The van der Waals surface area contributed by atoms with Gasteiger partial charge in [-0.2, -0.15) is 26.3 Å². The van der Waals surface area contributed by atoms with Crippen molar-refractivity contribution in [2.75, 3.05) is 5.01 Å². The first kappa shape index (κ1) is 28.6. The Bertz CT molecular complexity index is 1220. The maximum Gasteiger partial charge on any atom is 0.435 e. The Morgan fingerprint density at radius 1 is 1.03 bits per heavy atom. The van der Waals surface area contributed by atoms with E-state index in [4.69, 9.17) is 23.2 Å². The van der Waals surface area contributed by atoms with E-state index in [-0.39, 0.29) is 44.2 Å². The largest absolute Gasteiger partial charge is 0.435 e. The van der Waals surface area contributed by atoms with Crippen molar-refractivity contribution >= 4 is 28.9 Å². The van der Waals surface area contributed by atoms with Gasteiger partial charge in [-0.05, 0) is 62.9 Å². The number of hydrogen-bond acceptors (Lipinski definition) is 4. The van der Waals surface area contributed by atoms with E-state index in [1.54, 1.807) is 0 Å². The first-order valence-electron chi connectivity index (χ1n) is 10.9. The zero-order valence-electron chi connectivity index (χ0n) is 19.9. The number of amides is 1. The number of benzene rings is 2. The molecule has 0 aliphatic heterocycles. The third-order valence-electron chi connectivity index (χ3n) is 6.19. The minimum absolute atomic E-state index is 0.0690. The van der Waals surface area contributed by atoms with E-state index in [0.29, 0.717) is 12.1 Å². The molecule has 5 N–H and O–H groups in total. The number of rotatable bonds is 6.